The summed E-state index contributed by atoms with van der Waals surface area (Å²) in [4.78, 5) is 2.49. The van der Waals surface area contributed by atoms with Crippen LogP contribution in [0.4, 0.5) is 0 Å². The lowest BCUT2D eigenvalue weighted by Gasteiger charge is -2.25. The predicted octanol–water partition coefficient (Wildman–Crippen LogP) is 1.67. The maximum absolute atomic E-state index is 5.41. The molecular formula is C16H24N3O+. The monoisotopic (exact) mass is 274 g/mol. The van der Waals surface area contributed by atoms with Crippen molar-refractivity contribution in [1.29, 1.82) is 0 Å². The molecule has 0 saturated carbocycles. The Balaban J connectivity index is 1.76. The minimum absolute atomic E-state index is 0.877. The molecule has 1 aliphatic rings. The fourth-order valence-electron chi connectivity index (χ4n) is 2.91. The van der Waals surface area contributed by atoms with Gasteiger partial charge in [0.1, 0.15) is 6.54 Å². The Kier molecular flexibility index (Phi) is 4.33. The van der Waals surface area contributed by atoms with Crippen LogP contribution in [0, 0.1) is 0 Å². The second-order valence-electron chi connectivity index (χ2n) is 5.44. The largest absolute Gasteiger partial charge is 0.379 e. The number of fused-ring (bicyclic) bond motifs is 1. The van der Waals surface area contributed by atoms with Crippen molar-refractivity contribution in [2.45, 2.75) is 26.4 Å². The van der Waals surface area contributed by atoms with Gasteiger partial charge < -0.3 is 4.74 Å². The van der Waals surface area contributed by atoms with Crippen molar-refractivity contribution in [2.75, 3.05) is 32.8 Å². The van der Waals surface area contributed by atoms with E-state index in [0.29, 0.717) is 0 Å². The fraction of sp³-hybridized carbons (Fsp3) is 0.562. The second-order valence-corrected chi connectivity index (χ2v) is 5.44. The van der Waals surface area contributed by atoms with E-state index in [1.54, 1.807) is 0 Å². The minimum atomic E-state index is 0.877. The van der Waals surface area contributed by atoms with E-state index in [0.717, 1.165) is 45.9 Å². The molecule has 0 bridgehead atoms. The Hall–Kier alpha value is -1.39. The maximum atomic E-state index is 5.41. The van der Waals surface area contributed by atoms with Gasteiger partial charge in [0.15, 0.2) is 11.0 Å². The molecule has 0 amide bonds. The molecule has 3 rings (SSSR count). The normalized spacial score (nSPS) is 16.9. The van der Waals surface area contributed by atoms with Crippen LogP contribution < -0.4 is 4.57 Å². The van der Waals surface area contributed by atoms with Crippen LogP contribution in [-0.4, -0.2) is 42.3 Å². The number of rotatable bonds is 5. The van der Waals surface area contributed by atoms with Crippen molar-refractivity contribution in [3.05, 3.63) is 30.6 Å². The van der Waals surface area contributed by atoms with Crippen LogP contribution in [-0.2, 0) is 17.8 Å². The van der Waals surface area contributed by atoms with Gasteiger partial charge in [-0.05, 0) is 18.6 Å². The Bertz CT molecular complexity index is 558. The lowest BCUT2D eigenvalue weighted by molar-refractivity contribution is -0.672. The molecule has 1 aromatic carbocycles. The molecule has 0 radical (unpaired) electrons. The van der Waals surface area contributed by atoms with Gasteiger partial charge in [-0.2, -0.15) is 0 Å². The van der Waals surface area contributed by atoms with Crippen molar-refractivity contribution in [3.8, 4) is 0 Å². The molecule has 4 nitrogen and oxygen atoms in total. The highest BCUT2D eigenvalue weighted by Crippen LogP contribution is 2.11. The molecular weight excluding hydrogens is 250 g/mol. The molecule has 1 saturated heterocycles. The van der Waals surface area contributed by atoms with Gasteiger partial charge in [0.2, 0.25) is 6.33 Å². The van der Waals surface area contributed by atoms with E-state index >= 15 is 0 Å². The van der Waals surface area contributed by atoms with Gasteiger partial charge >= 0.3 is 0 Å². The summed E-state index contributed by atoms with van der Waals surface area (Å²) >= 11 is 0. The number of nitrogens with zero attached hydrogens (tertiary/aromatic N) is 3. The fourth-order valence-corrected chi connectivity index (χ4v) is 2.91. The summed E-state index contributed by atoms with van der Waals surface area (Å²) in [5, 5.41) is 0. The molecule has 1 aliphatic heterocycles. The summed E-state index contributed by atoms with van der Waals surface area (Å²) < 4.78 is 10.2. The van der Waals surface area contributed by atoms with Crippen LogP contribution in [0.3, 0.4) is 0 Å². The Morgan fingerprint density at radius 2 is 1.95 bits per heavy atom. The number of morpholine rings is 1. The minimum Gasteiger partial charge on any atom is -0.379 e. The molecule has 0 atom stereocenters. The molecule has 1 aromatic heterocycles. The van der Waals surface area contributed by atoms with Gasteiger partial charge in [-0.15, -0.1) is 0 Å². The topological polar surface area (TPSA) is 21.3 Å². The molecule has 0 spiro atoms. The molecule has 1 fully saturated rings. The van der Waals surface area contributed by atoms with Gasteiger partial charge in [0.25, 0.3) is 0 Å². The van der Waals surface area contributed by atoms with E-state index in [1.807, 2.05) is 0 Å². The smallest absolute Gasteiger partial charge is 0.244 e. The number of hydrogen-bond donors (Lipinski definition) is 0. The van der Waals surface area contributed by atoms with Crippen molar-refractivity contribution in [1.82, 2.24) is 9.47 Å². The standard InChI is InChI=1S/C16H24N3O/c1-2-7-18-14-19(16-6-4-3-5-15(16)18)9-8-17-10-12-20-13-11-17/h3-6,14H,2,7-13H2,1H3/q+1. The summed E-state index contributed by atoms with van der Waals surface area (Å²) in [7, 11) is 0. The third-order valence-electron chi connectivity index (χ3n) is 4.00. The van der Waals surface area contributed by atoms with Crippen LogP contribution in [0.15, 0.2) is 30.6 Å². The van der Waals surface area contributed by atoms with Crippen LogP contribution >= 0.6 is 0 Å². The summed E-state index contributed by atoms with van der Waals surface area (Å²) in [6, 6.07) is 8.70. The zero-order valence-corrected chi connectivity index (χ0v) is 12.3. The number of para-hydroxylation sites is 2. The number of ether oxygens (including phenoxy) is 1. The molecule has 0 aliphatic carbocycles. The lowest BCUT2D eigenvalue weighted by atomic mass is 10.3. The Labute approximate surface area is 120 Å². The first-order valence-electron chi connectivity index (χ1n) is 7.66. The SMILES string of the molecule is CCC[n+]1cn(CCN2CCOCC2)c2ccccc21. The molecule has 2 heterocycles. The first kappa shape index (κ1) is 13.6. The summed E-state index contributed by atoms with van der Waals surface area (Å²) in [6.45, 7) is 9.36. The van der Waals surface area contributed by atoms with E-state index in [9.17, 15) is 0 Å². The van der Waals surface area contributed by atoms with E-state index in [2.05, 4.69) is 51.6 Å². The molecule has 0 N–H and O–H groups in total. The van der Waals surface area contributed by atoms with Crippen LogP contribution in [0.1, 0.15) is 13.3 Å². The highest BCUT2D eigenvalue weighted by molar-refractivity contribution is 5.71. The zero-order valence-electron chi connectivity index (χ0n) is 12.3. The Morgan fingerprint density at radius 1 is 1.15 bits per heavy atom. The predicted molar refractivity (Wildman–Crippen MR) is 79.7 cm³/mol. The number of hydrogen-bond acceptors (Lipinski definition) is 2. The second kappa shape index (κ2) is 6.37. The van der Waals surface area contributed by atoms with Crippen molar-refractivity contribution in [2.24, 2.45) is 0 Å². The number of imidazole rings is 1. The average Bonchev–Trinajstić information content (AvgIpc) is 2.85. The van der Waals surface area contributed by atoms with Gasteiger partial charge in [0.05, 0.1) is 19.8 Å². The van der Waals surface area contributed by atoms with Crippen molar-refractivity contribution >= 4 is 11.0 Å². The van der Waals surface area contributed by atoms with Gasteiger partial charge in [-0.1, -0.05) is 19.1 Å². The molecule has 0 unspecified atom stereocenters. The summed E-state index contributed by atoms with van der Waals surface area (Å²) in [5.74, 6) is 0. The first-order chi connectivity index (χ1) is 9.88. The summed E-state index contributed by atoms with van der Waals surface area (Å²) in [5.41, 5.74) is 2.69. The zero-order chi connectivity index (χ0) is 13.8. The third-order valence-corrected chi connectivity index (χ3v) is 4.00. The van der Waals surface area contributed by atoms with Crippen molar-refractivity contribution < 1.29 is 9.30 Å². The summed E-state index contributed by atoms with van der Waals surface area (Å²) in [6.07, 6.45) is 3.44. The molecule has 2 aromatic rings. The Morgan fingerprint density at radius 3 is 2.75 bits per heavy atom. The van der Waals surface area contributed by atoms with E-state index in [-0.39, 0.29) is 0 Å². The number of aryl methyl sites for hydroxylation is 1. The average molecular weight is 274 g/mol. The van der Waals surface area contributed by atoms with E-state index in [1.165, 1.54) is 17.5 Å². The highest BCUT2D eigenvalue weighted by atomic mass is 16.5. The van der Waals surface area contributed by atoms with Crippen LogP contribution in [0.25, 0.3) is 11.0 Å². The maximum Gasteiger partial charge on any atom is 0.244 e. The highest BCUT2D eigenvalue weighted by Gasteiger charge is 2.16. The molecule has 4 heteroatoms. The first-order valence-corrected chi connectivity index (χ1v) is 7.66. The number of benzene rings is 1. The van der Waals surface area contributed by atoms with E-state index < -0.39 is 0 Å². The van der Waals surface area contributed by atoms with Gasteiger partial charge in [0, 0.05) is 19.6 Å². The van der Waals surface area contributed by atoms with E-state index in [4.69, 9.17) is 4.74 Å². The van der Waals surface area contributed by atoms with Gasteiger partial charge in [-0.25, -0.2) is 9.13 Å². The molecule has 20 heavy (non-hydrogen) atoms. The van der Waals surface area contributed by atoms with Crippen LogP contribution in [0.5, 0.6) is 0 Å². The van der Waals surface area contributed by atoms with Crippen molar-refractivity contribution in [3.63, 3.8) is 0 Å². The lowest BCUT2D eigenvalue weighted by Crippen LogP contribution is -2.38. The molecule has 108 valence electrons. The quantitative estimate of drug-likeness (QED) is 0.774. The van der Waals surface area contributed by atoms with Gasteiger partial charge in [-0.3, -0.25) is 4.90 Å². The van der Waals surface area contributed by atoms with Crippen LogP contribution in [0.2, 0.25) is 0 Å². The third kappa shape index (κ3) is 2.86. The number of aromatic nitrogens is 2.